The lowest BCUT2D eigenvalue weighted by Crippen LogP contribution is -2.36. The molecular weight excluding hydrogens is 280 g/mol. The molecule has 0 aliphatic rings. The molecule has 0 fully saturated rings. The van der Waals surface area contributed by atoms with Crippen LogP contribution in [0.5, 0.6) is 0 Å². The van der Waals surface area contributed by atoms with E-state index in [-0.39, 0.29) is 0 Å². The highest BCUT2D eigenvalue weighted by Gasteiger charge is 2.06. The van der Waals surface area contributed by atoms with E-state index in [0.29, 0.717) is 12.5 Å². The van der Waals surface area contributed by atoms with E-state index >= 15 is 0 Å². The summed E-state index contributed by atoms with van der Waals surface area (Å²) in [6.07, 6.45) is 0. The van der Waals surface area contributed by atoms with Gasteiger partial charge < -0.3 is 10.6 Å². The molecular formula is C16H22N4S. The van der Waals surface area contributed by atoms with Gasteiger partial charge in [0.25, 0.3) is 0 Å². The Morgan fingerprint density at radius 3 is 2.52 bits per heavy atom. The minimum atomic E-state index is 0.477. The van der Waals surface area contributed by atoms with Crippen molar-refractivity contribution in [2.45, 2.75) is 32.9 Å². The number of nitrogens with zero attached hydrogens (tertiary/aromatic N) is 2. The van der Waals surface area contributed by atoms with Gasteiger partial charge in [-0.1, -0.05) is 44.2 Å². The van der Waals surface area contributed by atoms with Crippen LogP contribution >= 0.6 is 11.3 Å². The Morgan fingerprint density at radius 2 is 1.90 bits per heavy atom. The molecule has 0 unspecified atom stereocenters. The van der Waals surface area contributed by atoms with E-state index in [1.807, 2.05) is 18.2 Å². The first-order chi connectivity index (χ1) is 10.2. The molecule has 0 aliphatic heterocycles. The normalized spacial score (nSPS) is 11.7. The minimum Gasteiger partial charge on any atom is -0.352 e. The molecule has 1 aromatic heterocycles. The van der Waals surface area contributed by atoms with E-state index in [0.717, 1.165) is 23.2 Å². The molecule has 5 heteroatoms. The van der Waals surface area contributed by atoms with Crippen LogP contribution in [0.25, 0.3) is 0 Å². The maximum atomic E-state index is 4.61. The van der Waals surface area contributed by atoms with Crippen molar-refractivity contribution in [1.82, 2.24) is 15.6 Å². The van der Waals surface area contributed by atoms with Gasteiger partial charge in [0, 0.05) is 19.0 Å². The van der Waals surface area contributed by atoms with Crippen molar-refractivity contribution in [1.29, 1.82) is 0 Å². The van der Waals surface area contributed by atoms with Crippen LogP contribution in [-0.2, 0) is 13.1 Å². The highest BCUT2D eigenvalue weighted by molar-refractivity contribution is 7.09. The van der Waals surface area contributed by atoms with Gasteiger partial charge in [-0.05, 0) is 11.5 Å². The van der Waals surface area contributed by atoms with Gasteiger partial charge in [-0.25, -0.2) is 4.98 Å². The van der Waals surface area contributed by atoms with Gasteiger partial charge in [0.05, 0.1) is 12.2 Å². The summed E-state index contributed by atoms with van der Waals surface area (Å²) in [7, 11) is 1.78. The molecule has 0 saturated heterocycles. The van der Waals surface area contributed by atoms with Crippen molar-refractivity contribution >= 4 is 17.3 Å². The predicted molar refractivity (Wildman–Crippen MR) is 89.7 cm³/mol. The lowest BCUT2D eigenvalue weighted by Gasteiger charge is -2.10. The van der Waals surface area contributed by atoms with Crippen molar-refractivity contribution in [3.8, 4) is 0 Å². The van der Waals surface area contributed by atoms with Crippen molar-refractivity contribution in [3.05, 3.63) is 52.0 Å². The average Bonchev–Trinajstić information content (AvgIpc) is 2.98. The second kappa shape index (κ2) is 7.78. The monoisotopic (exact) mass is 302 g/mol. The summed E-state index contributed by atoms with van der Waals surface area (Å²) in [5, 5.41) is 9.81. The fourth-order valence-corrected chi connectivity index (χ4v) is 2.73. The molecule has 0 bridgehead atoms. The van der Waals surface area contributed by atoms with Crippen molar-refractivity contribution in [2.24, 2.45) is 4.99 Å². The molecule has 1 heterocycles. The molecule has 0 amide bonds. The van der Waals surface area contributed by atoms with Crippen LogP contribution in [0.15, 0.2) is 40.7 Å². The van der Waals surface area contributed by atoms with E-state index in [1.54, 1.807) is 18.4 Å². The van der Waals surface area contributed by atoms with Gasteiger partial charge in [-0.3, -0.25) is 4.99 Å². The fourth-order valence-electron chi connectivity index (χ4n) is 1.83. The van der Waals surface area contributed by atoms with Crippen LogP contribution in [0.1, 0.15) is 36.0 Å². The number of hydrogen-bond donors (Lipinski definition) is 2. The van der Waals surface area contributed by atoms with Gasteiger partial charge in [-0.2, -0.15) is 0 Å². The quantitative estimate of drug-likeness (QED) is 0.659. The number of benzene rings is 1. The molecule has 1 aromatic carbocycles. The van der Waals surface area contributed by atoms with Crippen LogP contribution in [0, 0.1) is 0 Å². The summed E-state index contributed by atoms with van der Waals surface area (Å²) in [5.41, 5.74) is 2.39. The predicted octanol–water partition coefficient (Wildman–Crippen LogP) is 3.13. The molecule has 2 aromatic rings. The molecule has 112 valence electrons. The van der Waals surface area contributed by atoms with E-state index in [4.69, 9.17) is 0 Å². The standard InChI is InChI=1S/C16H22N4S/c1-12(2)14-11-21-15(20-14)10-19-16(17-3)18-9-13-7-5-4-6-8-13/h4-8,11-12H,9-10H2,1-3H3,(H2,17,18,19). The van der Waals surface area contributed by atoms with Gasteiger partial charge >= 0.3 is 0 Å². The zero-order valence-electron chi connectivity index (χ0n) is 12.8. The number of aliphatic imine (C=N–C) groups is 1. The van der Waals surface area contributed by atoms with Gasteiger partial charge in [0.1, 0.15) is 5.01 Å². The van der Waals surface area contributed by atoms with Crippen LogP contribution in [-0.4, -0.2) is 18.0 Å². The Bertz CT molecular complexity index is 575. The van der Waals surface area contributed by atoms with E-state index in [9.17, 15) is 0 Å². The first-order valence-corrected chi connectivity index (χ1v) is 7.99. The summed E-state index contributed by atoms with van der Waals surface area (Å²) < 4.78 is 0. The molecule has 0 radical (unpaired) electrons. The van der Waals surface area contributed by atoms with Crippen LogP contribution in [0.3, 0.4) is 0 Å². The van der Waals surface area contributed by atoms with Gasteiger partial charge in [-0.15, -0.1) is 11.3 Å². The number of nitrogens with one attached hydrogen (secondary N) is 2. The first-order valence-electron chi connectivity index (χ1n) is 7.11. The maximum absolute atomic E-state index is 4.61. The highest BCUT2D eigenvalue weighted by Crippen LogP contribution is 2.17. The third kappa shape index (κ3) is 4.86. The Kier molecular flexibility index (Phi) is 5.75. The molecule has 2 rings (SSSR count). The Balaban J connectivity index is 1.82. The Morgan fingerprint density at radius 1 is 1.19 bits per heavy atom. The number of guanidine groups is 1. The summed E-state index contributed by atoms with van der Waals surface area (Å²) in [6.45, 7) is 5.78. The molecule has 0 atom stereocenters. The second-order valence-corrected chi connectivity index (χ2v) is 6.03. The lowest BCUT2D eigenvalue weighted by molar-refractivity contribution is 0.785. The van der Waals surface area contributed by atoms with Crippen molar-refractivity contribution in [2.75, 3.05) is 7.05 Å². The lowest BCUT2D eigenvalue weighted by atomic mass is 10.2. The molecule has 0 spiro atoms. The third-order valence-electron chi connectivity index (χ3n) is 3.09. The topological polar surface area (TPSA) is 49.3 Å². The highest BCUT2D eigenvalue weighted by atomic mass is 32.1. The Labute approximate surface area is 130 Å². The smallest absolute Gasteiger partial charge is 0.191 e. The second-order valence-electron chi connectivity index (χ2n) is 5.09. The molecule has 4 nitrogen and oxygen atoms in total. The van der Waals surface area contributed by atoms with Crippen molar-refractivity contribution < 1.29 is 0 Å². The summed E-state index contributed by atoms with van der Waals surface area (Å²) in [6, 6.07) is 10.3. The number of thiazole rings is 1. The third-order valence-corrected chi connectivity index (χ3v) is 3.96. The average molecular weight is 302 g/mol. The molecule has 0 saturated carbocycles. The fraction of sp³-hybridized carbons (Fsp3) is 0.375. The summed E-state index contributed by atoms with van der Waals surface area (Å²) in [5.74, 6) is 1.27. The zero-order chi connectivity index (χ0) is 15.1. The number of aromatic nitrogens is 1. The first kappa shape index (κ1) is 15.5. The largest absolute Gasteiger partial charge is 0.352 e. The molecule has 21 heavy (non-hydrogen) atoms. The van der Waals surface area contributed by atoms with Gasteiger partial charge in [0.15, 0.2) is 5.96 Å². The minimum absolute atomic E-state index is 0.477. The molecule has 0 aliphatic carbocycles. The van der Waals surface area contributed by atoms with E-state index < -0.39 is 0 Å². The van der Waals surface area contributed by atoms with Crippen LogP contribution in [0.4, 0.5) is 0 Å². The molecule has 2 N–H and O–H groups in total. The van der Waals surface area contributed by atoms with Crippen LogP contribution in [0.2, 0.25) is 0 Å². The van der Waals surface area contributed by atoms with E-state index in [1.165, 1.54) is 5.56 Å². The SMILES string of the molecule is CN=C(NCc1ccccc1)NCc1nc(C(C)C)cs1. The number of rotatable bonds is 5. The maximum Gasteiger partial charge on any atom is 0.191 e. The van der Waals surface area contributed by atoms with E-state index in [2.05, 4.69) is 52.0 Å². The summed E-state index contributed by atoms with van der Waals surface area (Å²) in [4.78, 5) is 8.84. The zero-order valence-corrected chi connectivity index (χ0v) is 13.6. The Hall–Kier alpha value is -1.88. The summed E-state index contributed by atoms with van der Waals surface area (Å²) >= 11 is 1.69. The van der Waals surface area contributed by atoms with Gasteiger partial charge in [0.2, 0.25) is 0 Å². The van der Waals surface area contributed by atoms with Crippen molar-refractivity contribution in [3.63, 3.8) is 0 Å². The number of hydrogen-bond acceptors (Lipinski definition) is 3. The van der Waals surface area contributed by atoms with Crippen LogP contribution < -0.4 is 10.6 Å².